The van der Waals surface area contributed by atoms with E-state index in [0.717, 1.165) is 22.3 Å². The minimum atomic E-state index is -0.871. The zero-order valence-electron chi connectivity index (χ0n) is 16.6. The highest BCUT2D eigenvalue weighted by atomic mass is 16.5. The topological polar surface area (TPSA) is 70.3 Å². The molecule has 4 heteroatoms. The number of nitriles is 1. The Morgan fingerprint density at radius 1 is 1.03 bits per heavy atom. The zero-order chi connectivity index (χ0) is 21.3. The summed E-state index contributed by atoms with van der Waals surface area (Å²) in [6.07, 6.45) is -0.0255. The van der Waals surface area contributed by atoms with Crippen LogP contribution in [0.15, 0.2) is 72.8 Å². The first-order chi connectivity index (χ1) is 14.6. The molecule has 0 spiro atoms. The van der Waals surface area contributed by atoms with Gasteiger partial charge in [0.2, 0.25) is 0 Å². The van der Waals surface area contributed by atoms with Crippen LogP contribution in [0.5, 0.6) is 5.75 Å². The van der Waals surface area contributed by atoms with Crippen LogP contribution in [-0.2, 0) is 11.4 Å². The van der Waals surface area contributed by atoms with Crippen molar-refractivity contribution in [1.29, 1.82) is 5.26 Å². The second-order valence-electron chi connectivity index (χ2n) is 6.76. The number of benzene rings is 3. The van der Waals surface area contributed by atoms with Crippen LogP contribution < -0.4 is 4.74 Å². The Bertz CT molecular complexity index is 1110. The van der Waals surface area contributed by atoms with E-state index in [1.807, 2.05) is 72.8 Å². The maximum Gasteiger partial charge on any atom is 0.304 e. The summed E-state index contributed by atoms with van der Waals surface area (Å²) in [5.41, 5.74) is 4.42. The molecule has 3 aromatic rings. The third-order valence-corrected chi connectivity index (χ3v) is 4.70. The van der Waals surface area contributed by atoms with Gasteiger partial charge in [0.05, 0.1) is 24.0 Å². The van der Waals surface area contributed by atoms with E-state index in [9.17, 15) is 10.1 Å². The second kappa shape index (κ2) is 9.96. The molecule has 1 N–H and O–H groups in total. The van der Waals surface area contributed by atoms with E-state index in [2.05, 4.69) is 17.9 Å². The molecule has 0 aliphatic heterocycles. The van der Waals surface area contributed by atoms with Crippen LogP contribution in [0.1, 0.15) is 36.0 Å². The molecule has 0 aliphatic rings. The summed E-state index contributed by atoms with van der Waals surface area (Å²) in [6, 6.07) is 25.1. The molecule has 0 aromatic heterocycles. The van der Waals surface area contributed by atoms with Gasteiger partial charge in [0.15, 0.2) is 0 Å². The maximum absolute atomic E-state index is 11.0. The Morgan fingerprint density at radius 3 is 2.37 bits per heavy atom. The van der Waals surface area contributed by atoms with Crippen LogP contribution in [0.4, 0.5) is 0 Å². The van der Waals surface area contributed by atoms with Crippen molar-refractivity contribution in [2.75, 3.05) is 0 Å². The molecule has 4 nitrogen and oxygen atoms in total. The Hall–Kier alpha value is -4.02. The van der Waals surface area contributed by atoms with Gasteiger partial charge in [0.1, 0.15) is 12.4 Å². The fraction of sp³-hybridized carbons (Fsp3) is 0.154. The smallest absolute Gasteiger partial charge is 0.304 e. The fourth-order valence-corrected chi connectivity index (χ4v) is 3.18. The number of aliphatic carboxylic acids is 1. The summed E-state index contributed by atoms with van der Waals surface area (Å²) in [5, 5.41) is 18.3. The van der Waals surface area contributed by atoms with E-state index in [1.54, 1.807) is 6.92 Å². The molecule has 0 amide bonds. The maximum atomic E-state index is 11.0. The predicted molar refractivity (Wildman–Crippen MR) is 116 cm³/mol. The molecule has 0 saturated carbocycles. The van der Waals surface area contributed by atoms with Crippen LogP contribution >= 0.6 is 0 Å². The highest BCUT2D eigenvalue weighted by Crippen LogP contribution is 2.25. The van der Waals surface area contributed by atoms with E-state index in [-0.39, 0.29) is 12.3 Å². The average Bonchev–Trinajstić information content (AvgIpc) is 2.78. The van der Waals surface area contributed by atoms with E-state index in [1.165, 1.54) is 0 Å². The van der Waals surface area contributed by atoms with Crippen LogP contribution in [0, 0.1) is 23.2 Å². The van der Waals surface area contributed by atoms with Gasteiger partial charge in [0, 0.05) is 0 Å². The van der Waals surface area contributed by atoms with Crippen molar-refractivity contribution < 1.29 is 14.6 Å². The highest BCUT2D eigenvalue weighted by molar-refractivity contribution is 5.70. The van der Waals surface area contributed by atoms with Crippen LogP contribution in [0.25, 0.3) is 11.1 Å². The van der Waals surface area contributed by atoms with Gasteiger partial charge < -0.3 is 9.84 Å². The largest absolute Gasteiger partial charge is 0.489 e. The number of rotatable bonds is 7. The normalized spacial score (nSPS) is 10.9. The third kappa shape index (κ3) is 5.28. The molecule has 0 saturated heterocycles. The van der Waals surface area contributed by atoms with Gasteiger partial charge in [-0.1, -0.05) is 60.5 Å². The fourth-order valence-electron chi connectivity index (χ4n) is 3.18. The lowest BCUT2D eigenvalue weighted by Gasteiger charge is -2.11. The third-order valence-electron chi connectivity index (χ3n) is 4.70. The standard InChI is InChI=1S/C26H21NO3/c1-2-5-22(16-26(28)29)20-12-14-24(15-13-20)30-18-19-8-10-21(11-9-19)25-7-4-3-6-23(25)17-27/h3-4,6-15,22H,16,18H2,1H3,(H,28,29)/t22-/m0/s1. The van der Waals surface area contributed by atoms with Gasteiger partial charge in [-0.15, -0.1) is 5.92 Å². The van der Waals surface area contributed by atoms with Gasteiger partial charge in [-0.3, -0.25) is 4.79 Å². The molecule has 0 fully saturated rings. The molecule has 30 heavy (non-hydrogen) atoms. The molecule has 0 heterocycles. The molecule has 1 atom stereocenters. The van der Waals surface area contributed by atoms with Crippen molar-refractivity contribution in [3.63, 3.8) is 0 Å². The summed E-state index contributed by atoms with van der Waals surface area (Å²) < 4.78 is 5.85. The van der Waals surface area contributed by atoms with Crippen LogP contribution in [-0.4, -0.2) is 11.1 Å². The second-order valence-corrected chi connectivity index (χ2v) is 6.76. The first kappa shape index (κ1) is 20.7. The number of ether oxygens (including phenoxy) is 1. The zero-order valence-corrected chi connectivity index (χ0v) is 16.6. The minimum absolute atomic E-state index is 0.0255. The first-order valence-electron chi connectivity index (χ1n) is 9.56. The monoisotopic (exact) mass is 395 g/mol. The number of carboxylic acids is 1. The Morgan fingerprint density at radius 2 is 1.73 bits per heavy atom. The molecule has 3 aromatic carbocycles. The van der Waals surface area contributed by atoms with Crippen molar-refractivity contribution in [2.24, 2.45) is 0 Å². The van der Waals surface area contributed by atoms with E-state index >= 15 is 0 Å². The molecule has 0 aliphatic carbocycles. The van der Waals surface area contributed by atoms with Gasteiger partial charge in [-0.05, 0) is 47.4 Å². The predicted octanol–water partition coefficient (Wildman–Crippen LogP) is 5.39. The van der Waals surface area contributed by atoms with E-state index < -0.39 is 5.97 Å². The van der Waals surface area contributed by atoms with Gasteiger partial charge in [-0.2, -0.15) is 5.26 Å². The summed E-state index contributed by atoms with van der Waals surface area (Å²) in [7, 11) is 0. The van der Waals surface area contributed by atoms with E-state index in [0.29, 0.717) is 17.9 Å². The Labute approximate surface area is 176 Å². The number of hydrogen-bond donors (Lipinski definition) is 1. The molecule has 0 bridgehead atoms. The van der Waals surface area contributed by atoms with Gasteiger partial charge >= 0.3 is 5.97 Å². The summed E-state index contributed by atoms with van der Waals surface area (Å²) in [4.78, 5) is 11.0. The number of carboxylic acid groups (broad SMARTS) is 1. The summed E-state index contributed by atoms with van der Waals surface area (Å²) >= 11 is 0. The quantitative estimate of drug-likeness (QED) is 0.545. The van der Waals surface area contributed by atoms with E-state index in [4.69, 9.17) is 9.84 Å². The van der Waals surface area contributed by atoms with Crippen LogP contribution in [0.2, 0.25) is 0 Å². The summed E-state index contributed by atoms with van der Waals surface area (Å²) in [6.45, 7) is 2.11. The Kier molecular flexibility index (Phi) is 6.87. The average molecular weight is 395 g/mol. The van der Waals surface area contributed by atoms with Crippen molar-refractivity contribution in [3.05, 3.63) is 89.5 Å². The van der Waals surface area contributed by atoms with Gasteiger partial charge in [-0.25, -0.2) is 0 Å². The lowest BCUT2D eigenvalue weighted by atomic mass is 9.96. The van der Waals surface area contributed by atoms with Crippen molar-refractivity contribution in [3.8, 4) is 34.8 Å². The molecule has 148 valence electrons. The summed E-state index contributed by atoms with van der Waals surface area (Å²) in [5.74, 6) is 5.24. The van der Waals surface area contributed by atoms with Crippen LogP contribution in [0.3, 0.4) is 0 Å². The van der Waals surface area contributed by atoms with Crippen molar-refractivity contribution in [1.82, 2.24) is 0 Å². The van der Waals surface area contributed by atoms with Crippen molar-refractivity contribution >= 4 is 5.97 Å². The molecule has 0 radical (unpaired) electrons. The number of nitrogens with zero attached hydrogens (tertiary/aromatic N) is 1. The molecule has 0 unspecified atom stereocenters. The lowest BCUT2D eigenvalue weighted by Crippen LogP contribution is -2.04. The van der Waals surface area contributed by atoms with Crippen molar-refractivity contribution in [2.45, 2.75) is 25.9 Å². The van der Waals surface area contributed by atoms with Gasteiger partial charge in [0.25, 0.3) is 0 Å². The SMILES string of the molecule is CC#C[C@@H](CC(=O)O)c1ccc(OCc2ccc(-c3ccccc3C#N)cc2)cc1. The molecule has 3 rings (SSSR count). The number of carbonyl (C=O) groups is 1. The molecular formula is C26H21NO3. The minimum Gasteiger partial charge on any atom is -0.489 e. The lowest BCUT2D eigenvalue weighted by molar-refractivity contribution is -0.137. The first-order valence-corrected chi connectivity index (χ1v) is 9.56. The Balaban J connectivity index is 1.65. The molecular weight excluding hydrogens is 374 g/mol. The highest BCUT2D eigenvalue weighted by Gasteiger charge is 2.13. The number of hydrogen-bond acceptors (Lipinski definition) is 3.